The number of carbonyl (C=O) groups is 2. The molecule has 1 N–H and O–H groups in total. The third-order valence-electron chi connectivity index (χ3n) is 4.59. The molecule has 1 saturated carbocycles. The number of nitrogens with zero attached hydrogens (tertiary/aromatic N) is 1. The summed E-state index contributed by atoms with van der Waals surface area (Å²) in [5, 5.41) is 11.9. The fourth-order valence-corrected chi connectivity index (χ4v) is 3.26. The standard InChI is InChI=1S/C17H15NO3/c19-15-12-6-1-4-11-5-2-7-13(14(11)12)16(20)18(15)10-17(21)8-3-9-17/h1-2,4-7,21H,3,8-10H2. The van der Waals surface area contributed by atoms with Crippen LogP contribution in [0.1, 0.15) is 40.0 Å². The molecule has 2 amide bonds. The third kappa shape index (κ3) is 1.72. The molecule has 1 fully saturated rings. The number of aliphatic hydroxyl groups is 1. The highest BCUT2D eigenvalue weighted by Gasteiger charge is 2.42. The molecule has 0 spiro atoms. The zero-order valence-corrected chi connectivity index (χ0v) is 11.5. The second kappa shape index (κ2) is 4.15. The van der Waals surface area contributed by atoms with Crippen molar-refractivity contribution in [3.05, 3.63) is 47.5 Å². The van der Waals surface area contributed by atoms with Crippen LogP contribution in [-0.2, 0) is 0 Å². The monoisotopic (exact) mass is 281 g/mol. The third-order valence-corrected chi connectivity index (χ3v) is 4.59. The van der Waals surface area contributed by atoms with Gasteiger partial charge in [0.05, 0.1) is 12.1 Å². The lowest BCUT2D eigenvalue weighted by Crippen LogP contribution is -2.53. The molecule has 0 aromatic heterocycles. The van der Waals surface area contributed by atoms with Crippen molar-refractivity contribution in [1.29, 1.82) is 0 Å². The van der Waals surface area contributed by atoms with Gasteiger partial charge in [0.2, 0.25) is 0 Å². The summed E-state index contributed by atoms with van der Waals surface area (Å²) < 4.78 is 0. The van der Waals surface area contributed by atoms with Gasteiger partial charge in [-0.1, -0.05) is 24.3 Å². The summed E-state index contributed by atoms with van der Waals surface area (Å²) in [6, 6.07) is 10.9. The minimum absolute atomic E-state index is 0.0926. The summed E-state index contributed by atoms with van der Waals surface area (Å²) in [5.74, 6) is -0.603. The summed E-state index contributed by atoms with van der Waals surface area (Å²) in [4.78, 5) is 26.5. The van der Waals surface area contributed by atoms with E-state index >= 15 is 0 Å². The molecule has 2 aromatic rings. The number of β-amino-alcohol motifs (C(OH)–C–C–N with tert-alkyl or cyclic N) is 1. The van der Waals surface area contributed by atoms with Crippen LogP contribution in [0.25, 0.3) is 10.8 Å². The van der Waals surface area contributed by atoms with Crippen molar-refractivity contribution in [3.8, 4) is 0 Å². The molecule has 2 aliphatic rings. The molecule has 4 heteroatoms. The highest BCUT2D eigenvalue weighted by molar-refractivity contribution is 6.25. The zero-order valence-electron chi connectivity index (χ0n) is 11.5. The molecule has 2 aromatic carbocycles. The van der Waals surface area contributed by atoms with Crippen LogP contribution in [0.15, 0.2) is 36.4 Å². The molecular formula is C17H15NO3. The van der Waals surface area contributed by atoms with Crippen LogP contribution in [0.5, 0.6) is 0 Å². The van der Waals surface area contributed by atoms with E-state index < -0.39 is 5.60 Å². The van der Waals surface area contributed by atoms with Gasteiger partial charge in [-0.2, -0.15) is 0 Å². The van der Waals surface area contributed by atoms with Crippen LogP contribution in [0.3, 0.4) is 0 Å². The maximum absolute atomic E-state index is 12.6. The van der Waals surface area contributed by atoms with Gasteiger partial charge >= 0.3 is 0 Å². The molecule has 1 aliphatic heterocycles. The lowest BCUT2D eigenvalue weighted by Gasteiger charge is -2.40. The number of carbonyl (C=O) groups excluding carboxylic acids is 2. The topological polar surface area (TPSA) is 57.6 Å². The Morgan fingerprint density at radius 3 is 2.05 bits per heavy atom. The largest absolute Gasteiger partial charge is 0.388 e. The first-order valence-electron chi connectivity index (χ1n) is 7.19. The molecule has 0 bridgehead atoms. The fourth-order valence-electron chi connectivity index (χ4n) is 3.26. The van der Waals surface area contributed by atoms with E-state index in [4.69, 9.17) is 0 Å². The van der Waals surface area contributed by atoms with Gasteiger partial charge in [0, 0.05) is 16.5 Å². The van der Waals surface area contributed by atoms with Crippen molar-refractivity contribution in [3.63, 3.8) is 0 Å². The Morgan fingerprint density at radius 2 is 1.57 bits per heavy atom. The number of amides is 2. The maximum atomic E-state index is 12.6. The van der Waals surface area contributed by atoms with E-state index in [0.717, 1.165) is 17.2 Å². The molecule has 21 heavy (non-hydrogen) atoms. The van der Waals surface area contributed by atoms with E-state index in [1.165, 1.54) is 4.90 Å². The molecular weight excluding hydrogens is 266 g/mol. The van der Waals surface area contributed by atoms with E-state index in [-0.39, 0.29) is 18.4 Å². The predicted molar refractivity (Wildman–Crippen MR) is 78.1 cm³/mol. The van der Waals surface area contributed by atoms with Crippen LogP contribution in [0.2, 0.25) is 0 Å². The average molecular weight is 281 g/mol. The summed E-state index contributed by atoms with van der Waals surface area (Å²) in [5.41, 5.74) is 0.196. The van der Waals surface area contributed by atoms with Gasteiger partial charge in [0.25, 0.3) is 11.8 Å². The highest BCUT2D eigenvalue weighted by Crippen LogP contribution is 2.36. The van der Waals surface area contributed by atoms with Crippen molar-refractivity contribution in [2.45, 2.75) is 24.9 Å². The number of hydrogen-bond donors (Lipinski definition) is 1. The van der Waals surface area contributed by atoms with Gasteiger partial charge in [0.15, 0.2) is 0 Å². The number of rotatable bonds is 2. The number of hydrogen-bond acceptors (Lipinski definition) is 3. The van der Waals surface area contributed by atoms with Crippen LogP contribution in [0, 0.1) is 0 Å². The Morgan fingerprint density at radius 1 is 1.00 bits per heavy atom. The minimum Gasteiger partial charge on any atom is -0.388 e. The van der Waals surface area contributed by atoms with Crippen molar-refractivity contribution in [2.75, 3.05) is 6.54 Å². The molecule has 0 saturated heterocycles. The lowest BCUT2D eigenvalue weighted by atomic mass is 9.79. The zero-order chi connectivity index (χ0) is 14.6. The van der Waals surface area contributed by atoms with Crippen LogP contribution in [-0.4, -0.2) is 34.0 Å². The van der Waals surface area contributed by atoms with Crippen molar-refractivity contribution in [2.24, 2.45) is 0 Å². The number of benzene rings is 2. The van der Waals surface area contributed by atoms with E-state index in [9.17, 15) is 14.7 Å². The molecule has 1 heterocycles. The smallest absolute Gasteiger partial charge is 0.261 e. The summed E-state index contributed by atoms with van der Waals surface area (Å²) in [6.07, 6.45) is 2.24. The van der Waals surface area contributed by atoms with E-state index in [0.29, 0.717) is 24.0 Å². The first kappa shape index (κ1) is 12.5. The Balaban J connectivity index is 1.85. The lowest BCUT2D eigenvalue weighted by molar-refractivity contribution is -0.0496. The molecule has 0 atom stereocenters. The van der Waals surface area contributed by atoms with Crippen LogP contribution >= 0.6 is 0 Å². The molecule has 0 unspecified atom stereocenters. The molecule has 4 rings (SSSR count). The van der Waals surface area contributed by atoms with E-state index in [1.807, 2.05) is 24.3 Å². The van der Waals surface area contributed by atoms with Gasteiger partial charge in [0.1, 0.15) is 0 Å². The molecule has 1 aliphatic carbocycles. The summed E-state index contributed by atoms with van der Waals surface area (Å²) >= 11 is 0. The summed E-state index contributed by atoms with van der Waals surface area (Å²) in [6.45, 7) is 0.0926. The molecule has 0 radical (unpaired) electrons. The Hall–Kier alpha value is -2.20. The SMILES string of the molecule is O=C1c2cccc3cccc(c23)C(=O)N1CC1(O)CCC1. The van der Waals surface area contributed by atoms with Gasteiger partial charge in [-0.05, 0) is 36.8 Å². The maximum Gasteiger partial charge on any atom is 0.261 e. The van der Waals surface area contributed by atoms with Gasteiger partial charge < -0.3 is 5.11 Å². The van der Waals surface area contributed by atoms with Gasteiger partial charge in [-0.3, -0.25) is 14.5 Å². The van der Waals surface area contributed by atoms with E-state index in [1.54, 1.807) is 12.1 Å². The highest BCUT2D eigenvalue weighted by atomic mass is 16.3. The van der Waals surface area contributed by atoms with Crippen LogP contribution < -0.4 is 0 Å². The Kier molecular flexibility index (Phi) is 2.48. The van der Waals surface area contributed by atoms with E-state index in [2.05, 4.69) is 0 Å². The average Bonchev–Trinajstić information content (AvgIpc) is 2.47. The van der Waals surface area contributed by atoms with Crippen molar-refractivity contribution in [1.82, 2.24) is 4.90 Å². The van der Waals surface area contributed by atoms with Gasteiger partial charge in [-0.25, -0.2) is 0 Å². The second-order valence-electron chi connectivity index (χ2n) is 5.98. The molecule has 106 valence electrons. The minimum atomic E-state index is -0.897. The number of imide groups is 1. The fraction of sp³-hybridized carbons (Fsp3) is 0.294. The first-order valence-corrected chi connectivity index (χ1v) is 7.19. The van der Waals surface area contributed by atoms with Crippen molar-refractivity contribution >= 4 is 22.6 Å². The predicted octanol–water partition coefficient (Wildman–Crippen LogP) is 2.35. The van der Waals surface area contributed by atoms with Crippen LogP contribution in [0.4, 0.5) is 0 Å². The normalized spacial score (nSPS) is 19.8. The second-order valence-corrected chi connectivity index (χ2v) is 5.98. The van der Waals surface area contributed by atoms with Crippen molar-refractivity contribution < 1.29 is 14.7 Å². The van der Waals surface area contributed by atoms with Gasteiger partial charge in [-0.15, -0.1) is 0 Å². The Bertz CT molecular complexity index is 726. The first-order chi connectivity index (χ1) is 10.1. The molecule has 4 nitrogen and oxygen atoms in total. The summed E-state index contributed by atoms with van der Waals surface area (Å²) in [7, 11) is 0. The quantitative estimate of drug-likeness (QED) is 0.860. The Labute approximate surface area is 122 Å².